The second-order valence-electron chi connectivity index (χ2n) is 7.46. The van der Waals surface area contributed by atoms with Gasteiger partial charge in [0.05, 0.1) is 6.04 Å². The van der Waals surface area contributed by atoms with Gasteiger partial charge < -0.3 is 15.5 Å². The van der Waals surface area contributed by atoms with E-state index in [1.165, 1.54) is 0 Å². The number of benzene rings is 2. The van der Waals surface area contributed by atoms with Crippen LogP contribution in [0, 0.1) is 0 Å². The van der Waals surface area contributed by atoms with Gasteiger partial charge >= 0.3 is 0 Å². The molecule has 2 atom stereocenters. The third kappa shape index (κ3) is 4.14. The zero-order valence-electron chi connectivity index (χ0n) is 16.3. The number of amides is 2. The number of para-hydroxylation sites is 2. The highest BCUT2D eigenvalue weighted by Crippen LogP contribution is 2.30. The zero-order chi connectivity index (χ0) is 20.4. The molecule has 4 rings (SSSR count). The lowest BCUT2D eigenvalue weighted by atomic mass is 9.96. The molecule has 0 unspecified atom stereocenters. The molecule has 0 saturated carbocycles. The molecule has 29 heavy (non-hydrogen) atoms. The fraction of sp³-hybridized carbons (Fsp3) is 0.318. The Labute approximate surface area is 168 Å². The number of anilines is 1. The maximum Gasteiger partial charge on any atom is 0.248 e. The van der Waals surface area contributed by atoms with Gasteiger partial charge in [0.1, 0.15) is 5.52 Å². The molecule has 0 spiro atoms. The highest BCUT2D eigenvalue weighted by molar-refractivity contribution is 5.96. The van der Waals surface area contributed by atoms with E-state index in [1.54, 1.807) is 24.3 Å². The average Bonchev–Trinajstić information content (AvgIpc) is 3.18. The van der Waals surface area contributed by atoms with Crippen LogP contribution in [-0.2, 0) is 4.79 Å². The lowest BCUT2D eigenvalue weighted by Gasteiger charge is -2.34. The summed E-state index contributed by atoms with van der Waals surface area (Å²) >= 11 is 0. The van der Waals surface area contributed by atoms with E-state index >= 15 is 0 Å². The summed E-state index contributed by atoms with van der Waals surface area (Å²) in [6, 6.07) is 14.0. The monoisotopic (exact) mass is 392 g/mol. The van der Waals surface area contributed by atoms with Crippen molar-refractivity contribution in [2.75, 3.05) is 18.4 Å². The Morgan fingerprint density at radius 1 is 1.21 bits per heavy atom. The standard InChI is InChI=1S/C22H24N4O3/c1-14(21(28)24-17-10-8-15(9-11-17)20(23)27)26-12-4-5-16(13-26)22-25-18-6-2-3-7-19(18)29-22/h2-3,6-11,14,16H,4-5,12-13H2,1H3,(H2,23,27)(H,24,28)/t14-,16+/m0/s1. The number of aromatic nitrogens is 1. The summed E-state index contributed by atoms with van der Waals surface area (Å²) in [5.41, 5.74) is 7.96. The Balaban J connectivity index is 1.41. The second kappa shape index (κ2) is 8.05. The van der Waals surface area contributed by atoms with Gasteiger partial charge in [-0.3, -0.25) is 14.5 Å². The lowest BCUT2D eigenvalue weighted by Crippen LogP contribution is -2.46. The quantitative estimate of drug-likeness (QED) is 0.695. The normalized spacial score (nSPS) is 18.4. The molecule has 1 fully saturated rings. The maximum absolute atomic E-state index is 12.7. The number of primary amides is 1. The van der Waals surface area contributed by atoms with Gasteiger partial charge in [-0.25, -0.2) is 4.98 Å². The molecule has 2 aromatic carbocycles. The number of fused-ring (bicyclic) bond motifs is 1. The van der Waals surface area contributed by atoms with Crippen LogP contribution in [0.1, 0.15) is 41.9 Å². The number of piperidine rings is 1. The van der Waals surface area contributed by atoms with Crippen molar-refractivity contribution in [2.24, 2.45) is 5.73 Å². The predicted octanol–water partition coefficient (Wildman–Crippen LogP) is 3.13. The number of carbonyl (C=O) groups is 2. The molecule has 1 aromatic heterocycles. The number of rotatable bonds is 5. The van der Waals surface area contributed by atoms with Crippen molar-refractivity contribution in [3.63, 3.8) is 0 Å². The molecule has 0 bridgehead atoms. The van der Waals surface area contributed by atoms with E-state index in [0.29, 0.717) is 11.3 Å². The first-order valence-corrected chi connectivity index (χ1v) is 9.81. The van der Waals surface area contributed by atoms with E-state index < -0.39 is 5.91 Å². The van der Waals surface area contributed by atoms with Crippen LogP contribution in [0.25, 0.3) is 11.1 Å². The van der Waals surface area contributed by atoms with Crippen molar-refractivity contribution in [1.82, 2.24) is 9.88 Å². The summed E-state index contributed by atoms with van der Waals surface area (Å²) in [6.07, 6.45) is 1.97. The Kier molecular flexibility index (Phi) is 5.31. The van der Waals surface area contributed by atoms with Gasteiger partial charge in [-0.15, -0.1) is 0 Å². The van der Waals surface area contributed by atoms with Crippen LogP contribution in [0.2, 0.25) is 0 Å². The van der Waals surface area contributed by atoms with Gasteiger partial charge in [-0.1, -0.05) is 12.1 Å². The van der Waals surface area contributed by atoms with Crippen molar-refractivity contribution in [1.29, 1.82) is 0 Å². The number of likely N-dealkylation sites (tertiary alicyclic amines) is 1. The highest BCUT2D eigenvalue weighted by atomic mass is 16.3. The van der Waals surface area contributed by atoms with Crippen molar-refractivity contribution in [3.05, 3.63) is 60.0 Å². The van der Waals surface area contributed by atoms with Crippen LogP contribution < -0.4 is 11.1 Å². The fourth-order valence-electron chi connectivity index (χ4n) is 3.75. The summed E-state index contributed by atoms with van der Waals surface area (Å²) in [5, 5.41) is 2.91. The summed E-state index contributed by atoms with van der Waals surface area (Å²) in [7, 11) is 0. The number of hydrogen-bond acceptors (Lipinski definition) is 5. The van der Waals surface area contributed by atoms with Crippen LogP contribution in [0.15, 0.2) is 52.9 Å². The summed E-state index contributed by atoms with van der Waals surface area (Å²) in [5.74, 6) is 0.330. The van der Waals surface area contributed by atoms with Crippen LogP contribution in [-0.4, -0.2) is 40.8 Å². The van der Waals surface area contributed by atoms with Gasteiger partial charge in [-0.2, -0.15) is 0 Å². The molecule has 2 heterocycles. The first-order valence-electron chi connectivity index (χ1n) is 9.81. The van der Waals surface area contributed by atoms with Crippen LogP contribution in [0.3, 0.4) is 0 Å². The second-order valence-corrected chi connectivity index (χ2v) is 7.46. The zero-order valence-corrected chi connectivity index (χ0v) is 16.3. The molecule has 7 heteroatoms. The predicted molar refractivity (Wildman–Crippen MR) is 111 cm³/mol. The fourth-order valence-corrected chi connectivity index (χ4v) is 3.75. The van der Waals surface area contributed by atoms with Crippen molar-refractivity contribution in [2.45, 2.75) is 31.7 Å². The summed E-state index contributed by atoms with van der Waals surface area (Å²) in [4.78, 5) is 30.7. The number of oxazole rings is 1. The Hall–Kier alpha value is -3.19. The van der Waals surface area contributed by atoms with Gasteiger partial charge in [0, 0.05) is 23.7 Å². The van der Waals surface area contributed by atoms with E-state index in [1.807, 2.05) is 31.2 Å². The molecule has 7 nitrogen and oxygen atoms in total. The van der Waals surface area contributed by atoms with E-state index in [-0.39, 0.29) is 17.9 Å². The first-order chi connectivity index (χ1) is 14.0. The number of nitrogens with zero attached hydrogens (tertiary/aromatic N) is 2. The minimum absolute atomic E-state index is 0.0879. The maximum atomic E-state index is 12.7. The third-order valence-electron chi connectivity index (χ3n) is 5.48. The largest absolute Gasteiger partial charge is 0.440 e. The Morgan fingerprint density at radius 2 is 1.97 bits per heavy atom. The number of hydrogen-bond donors (Lipinski definition) is 2. The summed E-state index contributed by atoms with van der Waals surface area (Å²) < 4.78 is 5.95. The van der Waals surface area contributed by atoms with Gasteiger partial charge in [0.25, 0.3) is 0 Å². The molecule has 0 radical (unpaired) electrons. The van der Waals surface area contributed by atoms with E-state index in [4.69, 9.17) is 10.2 Å². The van der Waals surface area contributed by atoms with Gasteiger partial charge in [0.2, 0.25) is 11.8 Å². The topological polar surface area (TPSA) is 101 Å². The minimum atomic E-state index is -0.491. The summed E-state index contributed by atoms with van der Waals surface area (Å²) in [6.45, 7) is 3.48. The average molecular weight is 392 g/mol. The van der Waals surface area contributed by atoms with E-state index in [0.717, 1.165) is 42.9 Å². The van der Waals surface area contributed by atoms with Gasteiger partial charge in [0.15, 0.2) is 11.5 Å². The van der Waals surface area contributed by atoms with Crippen molar-refractivity contribution >= 4 is 28.6 Å². The molecule has 150 valence electrons. The van der Waals surface area contributed by atoms with Crippen LogP contribution in [0.5, 0.6) is 0 Å². The molecular formula is C22H24N4O3. The first kappa shape index (κ1) is 19.1. The Bertz CT molecular complexity index is 995. The van der Waals surface area contributed by atoms with E-state index in [9.17, 15) is 9.59 Å². The number of nitrogens with one attached hydrogen (secondary N) is 1. The van der Waals surface area contributed by atoms with Crippen molar-refractivity contribution in [3.8, 4) is 0 Å². The third-order valence-corrected chi connectivity index (χ3v) is 5.48. The smallest absolute Gasteiger partial charge is 0.248 e. The molecule has 1 aliphatic heterocycles. The van der Waals surface area contributed by atoms with Crippen LogP contribution >= 0.6 is 0 Å². The van der Waals surface area contributed by atoms with Crippen molar-refractivity contribution < 1.29 is 14.0 Å². The number of carbonyl (C=O) groups excluding carboxylic acids is 2. The molecule has 3 aromatic rings. The molecule has 3 N–H and O–H groups in total. The molecule has 0 aliphatic carbocycles. The number of nitrogens with two attached hydrogens (primary N) is 1. The molecule has 1 saturated heterocycles. The highest BCUT2D eigenvalue weighted by Gasteiger charge is 2.30. The lowest BCUT2D eigenvalue weighted by molar-refractivity contribution is -0.121. The SMILES string of the molecule is C[C@@H](C(=O)Nc1ccc(C(N)=O)cc1)N1CCC[C@@H](c2nc3ccccc3o2)C1. The van der Waals surface area contributed by atoms with Gasteiger partial charge in [-0.05, 0) is 62.7 Å². The Morgan fingerprint density at radius 3 is 2.69 bits per heavy atom. The minimum Gasteiger partial charge on any atom is -0.440 e. The van der Waals surface area contributed by atoms with Crippen LogP contribution in [0.4, 0.5) is 5.69 Å². The molecule has 2 amide bonds. The molecular weight excluding hydrogens is 368 g/mol. The van der Waals surface area contributed by atoms with E-state index in [2.05, 4.69) is 15.2 Å². The molecule has 1 aliphatic rings.